The molecule has 1 saturated heterocycles. The molecule has 47 heavy (non-hydrogen) atoms. The topological polar surface area (TPSA) is 36.0 Å². The van der Waals surface area contributed by atoms with Crippen LogP contribution in [0.1, 0.15) is 144 Å². The van der Waals surface area contributed by atoms with Crippen molar-refractivity contribution in [1.29, 1.82) is 0 Å². The van der Waals surface area contributed by atoms with Gasteiger partial charge in [0.25, 0.3) is 0 Å². The van der Waals surface area contributed by atoms with Gasteiger partial charge in [0.05, 0.1) is 5.92 Å². The number of fused-ring (bicyclic) bond motifs is 3. The number of rotatable bonds is 9. The van der Waals surface area contributed by atoms with Gasteiger partial charge < -0.3 is 19.4 Å². The number of carbonyl (C=O) groups excluding carboxylic acids is 1. The molecular formula is C42H67N3O2. The van der Waals surface area contributed by atoms with Gasteiger partial charge in [-0.2, -0.15) is 0 Å². The molecule has 7 unspecified atom stereocenters. The quantitative estimate of drug-likeness (QED) is 0.234. The number of allylic oxidation sites excluding steroid dienone is 3. The van der Waals surface area contributed by atoms with Crippen LogP contribution in [0.15, 0.2) is 34.2 Å². The highest BCUT2D eigenvalue weighted by Crippen LogP contribution is 2.58. The summed E-state index contributed by atoms with van der Waals surface area (Å²) in [4.78, 5) is 22.3. The number of nitrogens with zero attached hydrogens (tertiary/aromatic N) is 3. The van der Waals surface area contributed by atoms with E-state index in [4.69, 9.17) is 4.74 Å². The fraction of sp³-hybridized carbons (Fsp3) is 0.833. The van der Waals surface area contributed by atoms with Crippen LogP contribution in [-0.2, 0) is 9.53 Å². The lowest BCUT2D eigenvalue weighted by Crippen LogP contribution is -2.48. The number of hydrogen-bond donors (Lipinski definition) is 0. The Morgan fingerprint density at radius 3 is 1.70 bits per heavy atom. The summed E-state index contributed by atoms with van der Waals surface area (Å²) in [7, 11) is 0. The molecule has 0 spiro atoms. The molecule has 0 aromatic carbocycles. The molecule has 0 aromatic heterocycles. The van der Waals surface area contributed by atoms with E-state index in [-0.39, 0.29) is 11.9 Å². The maximum Gasteiger partial charge on any atom is 0.310 e. The van der Waals surface area contributed by atoms with E-state index in [0.29, 0.717) is 41.8 Å². The van der Waals surface area contributed by atoms with Gasteiger partial charge in [-0.3, -0.25) is 4.79 Å². The highest BCUT2D eigenvalue weighted by atomic mass is 16.6. The van der Waals surface area contributed by atoms with Gasteiger partial charge in [-0.25, -0.2) is 0 Å². The summed E-state index contributed by atoms with van der Waals surface area (Å²) >= 11 is 0. The van der Waals surface area contributed by atoms with Crippen molar-refractivity contribution >= 4 is 5.97 Å². The molecule has 4 aliphatic carbocycles. The highest BCUT2D eigenvalue weighted by Gasteiger charge is 2.60. The third-order valence-corrected chi connectivity index (χ3v) is 14.9. The summed E-state index contributed by atoms with van der Waals surface area (Å²) < 4.78 is 7.08. The van der Waals surface area contributed by atoms with E-state index in [0.717, 1.165) is 39.0 Å². The summed E-state index contributed by atoms with van der Waals surface area (Å²) in [5.41, 5.74) is 7.44. The Labute approximate surface area is 287 Å². The Hall–Kier alpha value is -1.75. The fourth-order valence-corrected chi connectivity index (χ4v) is 12.8. The average Bonchev–Trinajstić information content (AvgIpc) is 3.67. The molecule has 5 nitrogen and oxygen atoms in total. The molecule has 5 fully saturated rings. The molecule has 7 atom stereocenters. The molecule has 7 rings (SSSR count). The van der Waals surface area contributed by atoms with Crippen LogP contribution in [0.3, 0.4) is 0 Å². The maximum atomic E-state index is 14.0. The zero-order valence-corrected chi connectivity index (χ0v) is 31.0. The average molecular weight is 646 g/mol. The zero-order chi connectivity index (χ0) is 32.9. The van der Waals surface area contributed by atoms with E-state index < -0.39 is 5.60 Å². The van der Waals surface area contributed by atoms with Crippen LogP contribution in [0, 0.1) is 29.6 Å². The molecule has 7 aliphatic rings. The minimum absolute atomic E-state index is 0.0863. The molecular weight excluding hydrogens is 578 g/mol. The first kappa shape index (κ1) is 33.7. The SMILES string of the molecule is CCN(CC)C1CCC(C2(C=C(C3=C(C)N(CC)C4CCCCC34)C3=C(C)N(CC)C4CCCCC34)OC(=O)C3CCCCC32)CC1. The van der Waals surface area contributed by atoms with Crippen molar-refractivity contribution < 1.29 is 9.53 Å². The van der Waals surface area contributed by atoms with Crippen molar-refractivity contribution in [3.05, 3.63) is 34.2 Å². The monoisotopic (exact) mass is 646 g/mol. The predicted octanol–water partition coefficient (Wildman–Crippen LogP) is 9.25. The van der Waals surface area contributed by atoms with Crippen LogP contribution < -0.4 is 0 Å². The van der Waals surface area contributed by atoms with Gasteiger partial charge in [0.2, 0.25) is 0 Å². The van der Waals surface area contributed by atoms with E-state index in [2.05, 4.69) is 62.3 Å². The Kier molecular flexibility index (Phi) is 9.96. The minimum Gasteiger partial charge on any atom is -0.454 e. The number of esters is 1. The van der Waals surface area contributed by atoms with Crippen LogP contribution >= 0.6 is 0 Å². The van der Waals surface area contributed by atoms with E-state index >= 15 is 0 Å². The van der Waals surface area contributed by atoms with E-state index in [9.17, 15) is 4.79 Å². The molecule has 0 amide bonds. The number of carbonyl (C=O) groups is 1. The van der Waals surface area contributed by atoms with Gasteiger partial charge in [-0.15, -0.1) is 0 Å². The molecule has 0 radical (unpaired) electrons. The first-order valence-electron chi connectivity index (χ1n) is 20.5. The van der Waals surface area contributed by atoms with Crippen LogP contribution in [0.25, 0.3) is 0 Å². The lowest BCUT2D eigenvalue weighted by Gasteiger charge is -2.45. The molecule has 0 N–H and O–H groups in total. The first-order chi connectivity index (χ1) is 22.9. The van der Waals surface area contributed by atoms with Gasteiger partial charge in [0.15, 0.2) is 0 Å². The van der Waals surface area contributed by atoms with Crippen molar-refractivity contribution in [2.45, 2.75) is 168 Å². The van der Waals surface area contributed by atoms with Gasteiger partial charge in [-0.05, 0) is 128 Å². The fourth-order valence-electron chi connectivity index (χ4n) is 12.8. The van der Waals surface area contributed by atoms with Crippen LogP contribution in [0.2, 0.25) is 0 Å². The van der Waals surface area contributed by atoms with Crippen LogP contribution in [0.4, 0.5) is 0 Å². The second-order valence-electron chi connectivity index (χ2n) is 16.5. The van der Waals surface area contributed by atoms with Crippen molar-refractivity contribution in [2.75, 3.05) is 26.2 Å². The number of cyclic esters (lactones) is 1. The van der Waals surface area contributed by atoms with Gasteiger partial charge in [0, 0.05) is 66.3 Å². The molecule has 5 heteroatoms. The van der Waals surface area contributed by atoms with Crippen LogP contribution in [0.5, 0.6) is 0 Å². The zero-order valence-electron chi connectivity index (χ0n) is 31.0. The normalized spacial score (nSPS) is 38.9. The molecule has 262 valence electrons. The summed E-state index contributed by atoms with van der Waals surface area (Å²) in [6.07, 6.45) is 22.8. The van der Waals surface area contributed by atoms with Crippen LogP contribution in [-0.4, -0.2) is 70.6 Å². The highest BCUT2D eigenvalue weighted by molar-refractivity contribution is 5.77. The number of ether oxygens (including phenoxy) is 1. The first-order valence-corrected chi connectivity index (χ1v) is 20.5. The standard InChI is InChI=1S/C42H67N3O2/c1-7-43(8-2)31-25-23-30(24-26-31)42(36-20-14-11-17-32(36)41(46)47-42)27-35(39-28(5)44(9-3)37-21-15-12-18-33(37)39)40-29(6)45(10-4)38-22-16-13-19-34(38)40/h27,30-34,36-38H,7-26H2,1-6H3. The van der Waals surface area contributed by atoms with Gasteiger partial charge in [0.1, 0.15) is 5.60 Å². The molecule has 4 saturated carbocycles. The molecule has 3 heterocycles. The molecule has 3 aliphatic heterocycles. The Bertz CT molecular complexity index is 1200. The van der Waals surface area contributed by atoms with Crippen molar-refractivity contribution in [1.82, 2.24) is 14.7 Å². The molecule has 0 aromatic rings. The summed E-state index contributed by atoms with van der Waals surface area (Å²) in [5.74, 6) is 2.16. The third-order valence-electron chi connectivity index (χ3n) is 14.9. The maximum absolute atomic E-state index is 14.0. The van der Waals surface area contributed by atoms with E-state index in [1.165, 1.54) is 101 Å². The predicted molar refractivity (Wildman–Crippen MR) is 193 cm³/mol. The van der Waals surface area contributed by atoms with Crippen molar-refractivity contribution in [3.8, 4) is 0 Å². The third kappa shape index (κ3) is 5.55. The summed E-state index contributed by atoms with van der Waals surface area (Å²) in [6.45, 7) is 18.8. The molecule has 0 bridgehead atoms. The smallest absolute Gasteiger partial charge is 0.310 e. The Balaban J connectivity index is 1.41. The lowest BCUT2D eigenvalue weighted by atomic mass is 9.62. The summed E-state index contributed by atoms with van der Waals surface area (Å²) in [6, 6.07) is 1.93. The second-order valence-corrected chi connectivity index (χ2v) is 16.5. The van der Waals surface area contributed by atoms with Gasteiger partial charge >= 0.3 is 5.97 Å². The Morgan fingerprint density at radius 1 is 0.702 bits per heavy atom. The lowest BCUT2D eigenvalue weighted by molar-refractivity contribution is -0.152. The minimum atomic E-state index is -0.472. The Morgan fingerprint density at radius 2 is 1.19 bits per heavy atom. The summed E-state index contributed by atoms with van der Waals surface area (Å²) in [5, 5.41) is 0. The van der Waals surface area contributed by atoms with Crippen molar-refractivity contribution in [3.63, 3.8) is 0 Å². The van der Waals surface area contributed by atoms with Gasteiger partial charge in [-0.1, -0.05) is 52.4 Å². The van der Waals surface area contributed by atoms with Crippen molar-refractivity contribution in [2.24, 2.45) is 29.6 Å². The second kappa shape index (κ2) is 13.9. The van der Waals surface area contributed by atoms with E-state index in [1.54, 1.807) is 16.7 Å². The largest absolute Gasteiger partial charge is 0.454 e. The number of hydrogen-bond acceptors (Lipinski definition) is 5. The van der Waals surface area contributed by atoms with E-state index in [1.807, 2.05) is 0 Å².